The van der Waals surface area contributed by atoms with Crippen molar-refractivity contribution in [1.82, 2.24) is 10.2 Å². The van der Waals surface area contributed by atoms with Crippen molar-refractivity contribution in [3.63, 3.8) is 0 Å². The maximum Gasteiger partial charge on any atom is 0.251 e. The Morgan fingerprint density at radius 2 is 2.04 bits per heavy atom. The molecule has 26 heavy (non-hydrogen) atoms. The van der Waals surface area contributed by atoms with Gasteiger partial charge in [-0.1, -0.05) is 26.0 Å². The van der Waals surface area contributed by atoms with Crippen LogP contribution in [-0.2, 0) is 9.59 Å². The normalized spacial score (nSPS) is 18.1. The lowest BCUT2D eigenvalue weighted by molar-refractivity contribution is -0.130. The van der Waals surface area contributed by atoms with E-state index in [1.807, 2.05) is 25.1 Å². The number of carbonyl (C=O) groups is 2. The van der Waals surface area contributed by atoms with Crippen LogP contribution in [0.5, 0.6) is 0 Å². The summed E-state index contributed by atoms with van der Waals surface area (Å²) in [6.45, 7) is 9.74. The predicted octanol–water partition coefficient (Wildman–Crippen LogP) is 2.16. The maximum atomic E-state index is 12.8. The number of benzene rings is 1. The molecule has 1 N–H and O–H groups in total. The molecule has 1 fully saturated rings. The molecule has 0 bridgehead atoms. The van der Waals surface area contributed by atoms with E-state index in [2.05, 4.69) is 29.1 Å². The van der Waals surface area contributed by atoms with Gasteiger partial charge in [0.05, 0.1) is 5.69 Å². The average Bonchev–Trinajstić information content (AvgIpc) is 2.60. The third-order valence-corrected chi connectivity index (χ3v) is 4.66. The fourth-order valence-electron chi connectivity index (χ4n) is 2.84. The van der Waals surface area contributed by atoms with Crippen LogP contribution in [-0.4, -0.2) is 54.2 Å². The van der Waals surface area contributed by atoms with E-state index in [0.717, 1.165) is 31.6 Å². The van der Waals surface area contributed by atoms with Gasteiger partial charge in [-0.15, -0.1) is 0 Å². The summed E-state index contributed by atoms with van der Waals surface area (Å²) < 4.78 is 0. The van der Waals surface area contributed by atoms with Gasteiger partial charge in [-0.3, -0.25) is 19.5 Å². The van der Waals surface area contributed by atoms with Crippen molar-refractivity contribution in [3.05, 3.63) is 29.8 Å². The summed E-state index contributed by atoms with van der Waals surface area (Å²) in [7, 11) is 0. The topological polar surface area (TPSA) is 65.0 Å². The van der Waals surface area contributed by atoms with Crippen molar-refractivity contribution in [3.8, 4) is 0 Å². The predicted molar refractivity (Wildman–Crippen MR) is 109 cm³/mol. The Kier molecular flexibility index (Phi) is 7.41. The van der Waals surface area contributed by atoms with E-state index >= 15 is 0 Å². The molecule has 1 aliphatic rings. The first-order valence-corrected chi connectivity index (χ1v) is 9.36. The Labute approximate surface area is 160 Å². The van der Waals surface area contributed by atoms with Gasteiger partial charge in [-0.05, 0) is 62.9 Å². The quantitative estimate of drug-likeness (QED) is 0.328. The van der Waals surface area contributed by atoms with Crippen molar-refractivity contribution >= 4 is 41.0 Å². The third kappa shape index (κ3) is 4.95. The van der Waals surface area contributed by atoms with Crippen molar-refractivity contribution in [1.29, 1.82) is 0 Å². The van der Waals surface area contributed by atoms with Crippen LogP contribution in [0, 0.1) is 12.8 Å². The molecular formula is C19H26N4O2S. The molecular weight excluding hydrogens is 348 g/mol. The molecule has 1 aliphatic heterocycles. The molecule has 0 spiro atoms. The van der Waals surface area contributed by atoms with Crippen LogP contribution in [0.2, 0.25) is 0 Å². The number of anilines is 1. The second kappa shape index (κ2) is 9.54. The zero-order valence-electron chi connectivity index (χ0n) is 15.6. The van der Waals surface area contributed by atoms with E-state index in [0.29, 0.717) is 12.2 Å². The summed E-state index contributed by atoms with van der Waals surface area (Å²) in [6, 6.07) is 7.45. The number of hydrogen-bond donors (Lipinski definition) is 1. The summed E-state index contributed by atoms with van der Waals surface area (Å²) in [5.41, 5.74) is 1.66. The smallest absolute Gasteiger partial charge is 0.251 e. The Hall–Kier alpha value is -2.12. The molecule has 7 heteroatoms. The van der Waals surface area contributed by atoms with Crippen LogP contribution in [0.3, 0.4) is 0 Å². The second-order valence-electron chi connectivity index (χ2n) is 6.22. The van der Waals surface area contributed by atoms with Gasteiger partial charge in [-0.25, -0.2) is 0 Å². The van der Waals surface area contributed by atoms with Crippen molar-refractivity contribution < 1.29 is 9.59 Å². The van der Waals surface area contributed by atoms with Gasteiger partial charge in [0.15, 0.2) is 11.0 Å². The first-order chi connectivity index (χ1) is 12.5. The molecule has 0 aliphatic carbocycles. The van der Waals surface area contributed by atoms with Gasteiger partial charge in [0.25, 0.3) is 5.91 Å². The fourth-order valence-corrected chi connectivity index (χ4v) is 3.13. The van der Waals surface area contributed by atoms with Gasteiger partial charge in [-0.2, -0.15) is 0 Å². The van der Waals surface area contributed by atoms with Crippen LogP contribution < -0.4 is 10.2 Å². The standard InChI is InChI=1S/C19H26N4O2S/c1-4-22(5-2)11-7-10-20-13-16-17(24)21-19(26)23(18(16)25)15-9-6-8-14(3)12-15/h6,8-9,12-13,16H,4-5,7,10-11H2,1-3H3,(H,21,24,26). The van der Waals surface area contributed by atoms with E-state index in [4.69, 9.17) is 12.2 Å². The molecule has 2 rings (SSSR count). The highest BCUT2D eigenvalue weighted by Gasteiger charge is 2.38. The Balaban J connectivity index is 2.04. The lowest BCUT2D eigenvalue weighted by atomic mass is 10.1. The number of rotatable bonds is 8. The van der Waals surface area contributed by atoms with Crippen LogP contribution >= 0.6 is 12.2 Å². The lowest BCUT2D eigenvalue weighted by Gasteiger charge is -2.31. The Morgan fingerprint density at radius 3 is 2.69 bits per heavy atom. The average molecular weight is 375 g/mol. The highest BCUT2D eigenvalue weighted by atomic mass is 32.1. The molecule has 1 saturated heterocycles. The number of nitrogens with zero attached hydrogens (tertiary/aromatic N) is 3. The molecule has 0 radical (unpaired) electrons. The van der Waals surface area contributed by atoms with Crippen LogP contribution in [0.4, 0.5) is 5.69 Å². The minimum Gasteiger partial charge on any atom is -0.304 e. The molecule has 0 saturated carbocycles. The lowest BCUT2D eigenvalue weighted by Crippen LogP contribution is -2.58. The zero-order valence-corrected chi connectivity index (χ0v) is 16.4. The van der Waals surface area contributed by atoms with E-state index in [9.17, 15) is 9.59 Å². The summed E-state index contributed by atoms with van der Waals surface area (Å²) in [5.74, 6) is -1.73. The van der Waals surface area contributed by atoms with E-state index in [-0.39, 0.29) is 11.0 Å². The van der Waals surface area contributed by atoms with E-state index < -0.39 is 11.8 Å². The Bertz CT molecular complexity index is 701. The number of hydrogen-bond acceptors (Lipinski definition) is 5. The largest absolute Gasteiger partial charge is 0.304 e. The summed E-state index contributed by atoms with van der Waals surface area (Å²) in [5, 5.41) is 2.71. The molecule has 1 heterocycles. The molecule has 1 unspecified atom stereocenters. The monoisotopic (exact) mass is 374 g/mol. The molecule has 1 atom stereocenters. The van der Waals surface area contributed by atoms with Gasteiger partial charge in [0.1, 0.15) is 0 Å². The molecule has 140 valence electrons. The first-order valence-electron chi connectivity index (χ1n) is 8.95. The minimum atomic E-state index is -0.948. The van der Waals surface area contributed by atoms with E-state index in [1.54, 1.807) is 6.07 Å². The summed E-state index contributed by atoms with van der Waals surface area (Å²) in [4.78, 5) is 33.0. The molecule has 1 aromatic rings. The minimum absolute atomic E-state index is 0.108. The number of aliphatic imine (C=N–C) groups is 1. The molecule has 6 nitrogen and oxygen atoms in total. The molecule has 2 amide bonds. The SMILES string of the molecule is CCN(CC)CCCN=CC1C(=O)NC(=S)N(c2cccc(C)c2)C1=O. The number of nitrogens with one attached hydrogen (secondary N) is 1. The van der Waals surface area contributed by atoms with Gasteiger partial charge < -0.3 is 10.2 Å². The maximum absolute atomic E-state index is 12.8. The summed E-state index contributed by atoms with van der Waals surface area (Å²) in [6.07, 6.45) is 2.34. The number of carbonyl (C=O) groups excluding carboxylic acids is 2. The van der Waals surface area contributed by atoms with Crippen LogP contribution in [0.1, 0.15) is 25.8 Å². The number of thiocarbonyl (C=S) groups is 1. The summed E-state index contributed by atoms with van der Waals surface area (Å²) >= 11 is 5.19. The zero-order chi connectivity index (χ0) is 19.1. The second-order valence-corrected chi connectivity index (χ2v) is 6.61. The van der Waals surface area contributed by atoms with Gasteiger partial charge >= 0.3 is 0 Å². The highest BCUT2D eigenvalue weighted by molar-refractivity contribution is 7.80. The third-order valence-electron chi connectivity index (χ3n) is 4.37. The van der Waals surface area contributed by atoms with Crippen molar-refractivity contribution in [2.24, 2.45) is 10.9 Å². The van der Waals surface area contributed by atoms with Gasteiger partial charge in [0, 0.05) is 12.8 Å². The number of amides is 2. The van der Waals surface area contributed by atoms with Crippen LogP contribution in [0.15, 0.2) is 29.3 Å². The fraction of sp³-hybridized carbons (Fsp3) is 0.474. The Morgan fingerprint density at radius 1 is 1.31 bits per heavy atom. The van der Waals surface area contributed by atoms with Crippen molar-refractivity contribution in [2.75, 3.05) is 31.1 Å². The van der Waals surface area contributed by atoms with Crippen LogP contribution in [0.25, 0.3) is 0 Å². The molecule has 1 aromatic carbocycles. The first kappa shape index (κ1) is 20.2. The molecule has 0 aromatic heterocycles. The van der Waals surface area contributed by atoms with Gasteiger partial charge in [0.2, 0.25) is 5.91 Å². The highest BCUT2D eigenvalue weighted by Crippen LogP contribution is 2.21. The van der Waals surface area contributed by atoms with E-state index in [1.165, 1.54) is 11.1 Å². The van der Waals surface area contributed by atoms with Crippen molar-refractivity contribution in [2.45, 2.75) is 27.2 Å². The number of aryl methyl sites for hydroxylation is 1.